The van der Waals surface area contributed by atoms with Gasteiger partial charge in [0.2, 0.25) is 0 Å². The SMILES string of the molecule is CC(C)(C)C1CCC(C(O)C2CCc3cccnc32)CC1. The van der Waals surface area contributed by atoms with Crippen molar-refractivity contribution < 1.29 is 5.11 Å². The quantitative estimate of drug-likeness (QED) is 0.878. The zero-order valence-electron chi connectivity index (χ0n) is 13.7. The number of nitrogens with zero attached hydrogens (tertiary/aromatic N) is 1. The molecule has 3 rings (SSSR count). The molecule has 0 bridgehead atoms. The van der Waals surface area contributed by atoms with Gasteiger partial charge in [-0.2, -0.15) is 0 Å². The molecule has 2 aliphatic rings. The Labute approximate surface area is 129 Å². The minimum atomic E-state index is -0.193. The van der Waals surface area contributed by atoms with Crippen LogP contribution in [0.4, 0.5) is 0 Å². The number of aryl methyl sites for hydroxylation is 1. The zero-order chi connectivity index (χ0) is 15.0. The lowest BCUT2D eigenvalue weighted by Crippen LogP contribution is -2.33. The molecule has 1 fully saturated rings. The van der Waals surface area contributed by atoms with E-state index in [-0.39, 0.29) is 12.0 Å². The highest BCUT2D eigenvalue weighted by Gasteiger charge is 2.38. The van der Waals surface area contributed by atoms with Crippen LogP contribution in [0.2, 0.25) is 0 Å². The lowest BCUT2D eigenvalue weighted by atomic mass is 9.68. The van der Waals surface area contributed by atoms with E-state index >= 15 is 0 Å². The number of hydrogen-bond donors (Lipinski definition) is 1. The van der Waals surface area contributed by atoms with Crippen molar-refractivity contribution in [2.24, 2.45) is 17.3 Å². The van der Waals surface area contributed by atoms with E-state index in [0.717, 1.165) is 18.8 Å². The fraction of sp³-hybridized carbons (Fsp3) is 0.737. The Hall–Kier alpha value is -0.890. The standard InChI is InChI=1S/C19H29NO/c1-19(2,3)15-9-6-14(7-10-15)18(21)16-11-8-13-5-4-12-20-17(13)16/h4-5,12,14-16,18,21H,6-11H2,1-3H3. The first-order chi connectivity index (χ1) is 9.97. The summed E-state index contributed by atoms with van der Waals surface area (Å²) in [5.41, 5.74) is 2.94. The molecule has 21 heavy (non-hydrogen) atoms. The topological polar surface area (TPSA) is 33.1 Å². The monoisotopic (exact) mass is 287 g/mol. The maximum atomic E-state index is 10.9. The van der Waals surface area contributed by atoms with E-state index in [9.17, 15) is 5.11 Å². The summed E-state index contributed by atoms with van der Waals surface area (Å²) < 4.78 is 0. The predicted molar refractivity (Wildman–Crippen MR) is 86.2 cm³/mol. The molecule has 1 N–H and O–H groups in total. The molecule has 1 saturated carbocycles. The maximum Gasteiger partial charge on any atom is 0.0652 e. The Bertz CT molecular complexity index is 483. The van der Waals surface area contributed by atoms with Crippen molar-refractivity contribution in [2.45, 2.75) is 71.3 Å². The van der Waals surface area contributed by atoms with E-state index in [1.54, 1.807) is 0 Å². The van der Waals surface area contributed by atoms with Gasteiger partial charge in [-0.15, -0.1) is 0 Å². The summed E-state index contributed by atoms with van der Waals surface area (Å²) >= 11 is 0. The Balaban J connectivity index is 1.64. The summed E-state index contributed by atoms with van der Waals surface area (Å²) in [6.45, 7) is 7.06. The van der Waals surface area contributed by atoms with E-state index in [0.29, 0.717) is 11.3 Å². The zero-order valence-corrected chi connectivity index (χ0v) is 13.7. The number of fused-ring (bicyclic) bond motifs is 1. The lowest BCUT2D eigenvalue weighted by molar-refractivity contribution is 0.0350. The van der Waals surface area contributed by atoms with Gasteiger partial charge in [0.05, 0.1) is 6.10 Å². The van der Waals surface area contributed by atoms with Crippen LogP contribution in [0.5, 0.6) is 0 Å². The predicted octanol–water partition coefficient (Wildman–Crippen LogP) is 4.32. The molecule has 0 aliphatic heterocycles. The number of hydrogen-bond acceptors (Lipinski definition) is 2. The maximum absolute atomic E-state index is 10.9. The number of aliphatic hydroxyl groups is 1. The summed E-state index contributed by atoms with van der Waals surface area (Å²) in [6, 6.07) is 4.19. The second kappa shape index (κ2) is 5.72. The van der Waals surface area contributed by atoms with Crippen molar-refractivity contribution in [3.8, 4) is 0 Å². The largest absolute Gasteiger partial charge is 0.392 e. The highest BCUT2D eigenvalue weighted by molar-refractivity contribution is 5.29. The van der Waals surface area contributed by atoms with Crippen molar-refractivity contribution in [3.05, 3.63) is 29.6 Å². The molecular weight excluding hydrogens is 258 g/mol. The average Bonchev–Trinajstić information content (AvgIpc) is 2.90. The van der Waals surface area contributed by atoms with Crippen LogP contribution in [0, 0.1) is 17.3 Å². The molecule has 1 aromatic heterocycles. The summed E-state index contributed by atoms with van der Waals surface area (Å²) in [4.78, 5) is 4.55. The molecule has 0 spiro atoms. The third kappa shape index (κ3) is 3.01. The minimum Gasteiger partial charge on any atom is -0.392 e. The number of aliphatic hydroxyl groups excluding tert-OH is 1. The van der Waals surface area contributed by atoms with Gasteiger partial charge >= 0.3 is 0 Å². The smallest absolute Gasteiger partial charge is 0.0652 e. The summed E-state index contributed by atoms with van der Waals surface area (Å²) in [5.74, 6) is 1.56. The molecule has 0 radical (unpaired) electrons. The first-order valence-corrected chi connectivity index (χ1v) is 8.58. The van der Waals surface area contributed by atoms with Crippen molar-refractivity contribution in [1.82, 2.24) is 4.98 Å². The molecule has 1 heterocycles. The van der Waals surface area contributed by atoms with Crippen LogP contribution in [0.25, 0.3) is 0 Å². The third-order valence-electron chi connectivity index (χ3n) is 5.89. The van der Waals surface area contributed by atoms with E-state index in [1.807, 2.05) is 12.3 Å². The summed E-state index contributed by atoms with van der Waals surface area (Å²) in [7, 11) is 0. The number of rotatable bonds is 2. The van der Waals surface area contributed by atoms with E-state index in [2.05, 4.69) is 31.8 Å². The van der Waals surface area contributed by atoms with Gasteiger partial charge < -0.3 is 5.11 Å². The fourth-order valence-electron chi connectivity index (χ4n) is 4.43. The van der Waals surface area contributed by atoms with Crippen molar-refractivity contribution in [2.75, 3.05) is 0 Å². The van der Waals surface area contributed by atoms with Crippen molar-refractivity contribution in [3.63, 3.8) is 0 Å². The molecule has 1 aromatic rings. The van der Waals surface area contributed by atoms with Crippen LogP contribution < -0.4 is 0 Å². The van der Waals surface area contributed by atoms with Crippen LogP contribution in [0.1, 0.15) is 70.1 Å². The third-order valence-corrected chi connectivity index (χ3v) is 5.89. The summed E-state index contributed by atoms with van der Waals surface area (Å²) in [5, 5.41) is 10.9. The molecule has 2 atom stereocenters. The Kier molecular flexibility index (Phi) is 4.09. The van der Waals surface area contributed by atoms with Crippen LogP contribution >= 0.6 is 0 Å². The molecule has 0 amide bonds. The van der Waals surface area contributed by atoms with Crippen LogP contribution in [-0.4, -0.2) is 16.2 Å². The molecule has 2 nitrogen and oxygen atoms in total. The summed E-state index contributed by atoms with van der Waals surface area (Å²) in [6.07, 6.45) is 8.75. The molecule has 116 valence electrons. The van der Waals surface area contributed by atoms with Gasteiger partial charge in [0.15, 0.2) is 0 Å². The Morgan fingerprint density at radius 1 is 1.14 bits per heavy atom. The molecule has 0 saturated heterocycles. The highest BCUT2D eigenvalue weighted by Crippen LogP contribution is 2.44. The van der Waals surface area contributed by atoms with Gasteiger partial charge in [-0.25, -0.2) is 0 Å². The first kappa shape index (κ1) is 15.0. The van der Waals surface area contributed by atoms with Gasteiger partial charge in [0.1, 0.15) is 0 Å². The molecule has 2 unspecified atom stereocenters. The average molecular weight is 287 g/mol. The van der Waals surface area contributed by atoms with E-state index < -0.39 is 0 Å². The minimum absolute atomic E-state index is 0.193. The van der Waals surface area contributed by atoms with Crippen LogP contribution in [-0.2, 0) is 6.42 Å². The Morgan fingerprint density at radius 3 is 2.52 bits per heavy atom. The Morgan fingerprint density at radius 2 is 1.86 bits per heavy atom. The molecular formula is C19H29NO. The fourth-order valence-corrected chi connectivity index (χ4v) is 4.43. The molecule has 0 aromatic carbocycles. The lowest BCUT2D eigenvalue weighted by Gasteiger charge is -2.39. The first-order valence-electron chi connectivity index (χ1n) is 8.58. The van der Waals surface area contributed by atoms with Gasteiger partial charge in [-0.05, 0) is 67.4 Å². The van der Waals surface area contributed by atoms with Crippen LogP contribution in [0.3, 0.4) is 0 Å². The molecule has 2 heteroatoms. The normalized spacial score (nSPS) is 31.0. The number of aromatic nitrogens is 1. The van der Waals surface area contributed by atoms with Crippen LogP contribution in [0.15, 0.2) is 18.3 Å². The van der Waals surface area contributed by atoms with E-state index in [1.165, 1.54) is 36.9 Å². The van der Waals surface area contributed by atoms with Gasteiger partial charge in [0, 0.05) is 17.8 Å². The van der Waals surface area contributed by atoms with Gasteiger partial charge in [0.25, 0.3) is 0 Å². The molecule has 2 aliphatic carbocycles. The highest BCUT2D eigenvalue weighted by atomic mass is 16.3. The second-order valence-electron chi connectivity index (χ2n) is 8.16. The second-order valence-corrected chi connectivity index (χ2v) is 8.16. The van der Waals surface area contributed by atoms with Gasteiger partial charge in [-0.3, -0.25) is 4.98 Å². The van der Waals surface area contributed by atoms with E-state index in [4.69, 9.17) is 0 Å². The van der Waals surface area contributed by atoms with Crippen molar-refractivity contribution >= 4 is 0 Å². The number of pyridine rings is 1. The van der Waals surface area contributed by atoms with Gasteiger partial charge in [-0.1, -0.05) is 26.8 Å². The van der Waals surface area contributed by atoms with Crippen molar-refractivity contribution in [1.29, 1.82) is 0 Å².